The van der Waals surface area contributed by atoms with Crippen molar-refractivity contribution in [1.29, 1.82) is 5.26 Å². The minimum atomic E-state index is -4.58. The van der Waals surface area contributed by atoms with Gasteiger partial charge in [-0.05, 0) is 42.4 Å². The van der Waals surface area contributed by atoms with Crippen LogP contribution in [-0.2, 0) is 17.6 Å². The van der Waals surface area contributed by atoms with E-state index in [-0.39, 0.29) is 28.7 Å². The number of hydrogen-bond acceptors (Lipinski definition) is 3. The zero-order chi connectivity index (χ0) is 22.1. The lowest BCUT2D eigenvalue weighted by Crippen LogP contribution is -2.22. The van der Waals surface area contributed by atoms with E-state index in [4.69, 9.17) is 16.3 Å². The third-order valence-corrected chi connectivity index (χ3v) is 6.57. The van der Waals surface area contributed by atoms with Crippen LogP contribution in [0.1, 0.15) is 11.1 Å². The third kappa shape index (κ3) is 5.04. The summed E-state index contributed by atoms with van der Waals surface area (Å²) >= 11 is 6.04. The Kier molecular flexibility index (Phi) is 6.27. The van der Waals surface area contributed by atoms with Crippen LogP contribution in [0.25, 0.3) is 22.3 Å². The van der Waals surface area contributed by atoms with Crippen molar-refractivity contribution in [3.8, 4) is 17.3 Å². The Labute approximate surface area is 178 Å². The second-order valence-corrected chi connectivity index (χ2v) is 14.2. The van der Waals surface area contributed by atoms with Crippen molar-refractivity contribution in [2.24, 2.45) is 0 Å². The SMILES string of the molecule is C[Si](C)(C)CCOCn1c(-c2cc(C#N)ccc2C(F)(F)F)cc2ccc(Cl)nc21. The lowest BCUT2D eigenvalue weighted by atomic mass is 10.0. The smallest absolute Gasteiger partial charge is 0.361 e. The molecule has 9 heteroatoms. The maximum Gasteiger partial charge on any atom is 0.417 e. The second kappa shape index (κ2) is 8.42. The van der Waals surface area contributed by atoms with Crippen LogP contribution in [0.15, 0.2) is 36.4 Å². The highest BCUT2D eigenvalue weighted by Gasteiger charge is 2.34. The van der Waals surface area contributed by atoms with Crippen molar-refractivity contribution in [2.75, 3.05) is 6.61 Å². The zero-order valence-corrected chi connectivity index (χ0v) is 18.6. The number of nitriles is 1. The lowest BCUT2D eigenvalue weighted by molar-refractivity contribution is -0.137. The van der Waals surface area contributed by atoms with Gasteiger partial charge in [-0.15, -0.1) is 0 Å². The Hall–Kier alpha value is -2.34. The normalized spacial score (nSPS) is 12.3. The summed E-state index contributed by atoms with van der Waals surface area (Å²) in [4.78, 5) is 4.29. The van der Waals surface area contributed by atoms with E-state index >= 15 is 0 Å². The van der Waals surface area contributed by atoms with Crippen molar-refractivity contribution in [2.45, 2.75) is 38.6 Å². The molecule has 158 valence electrons. The standard InChI is InChI=1S/C21H21ClF3N3OSi/c1-30(2,3)9-8-29-13-28-18(11-15-5-7-19(22)27-20(15)28)16-10-14(12-26)4-6-17(16)21(23,24)25/h4-7,10-11H,8-9,13H2,1-3H3. The van der Waals surface area contributed by atoms with Gasteiger partial charge in [0.2, 0.25) is 0 Å². The molecule has 0 amide bonds. The predicted octanol–water partition coefficient (Wildman–Crippen LogP) is 6.56. The number of alkyl halides is 3. The Morgan fingerprint density at radius 2 is 1.90 bits per heavy atom. The molecule has 0 saturated carbocycles. The van der Waals surface area contributed by atoms with E-state index in [0.717, 1.165) is 12.1 Å². The van der Waals surface area contributed by atoms with E-state index in [2.05, 4.69) is 24.6 Å². The summed E-state index contributed by atoms with van der Waals surface area (Å²) < 4.78 is 48.5. The van der Waals surface area contributed by atoms with E-state index in [1.165, 1.54) is 12.1 Å². The summed E-state index contributed by atoms with van der Waals surface area (Å²) in [6.07, 6.45) is -4.58. The number of aromatic nitrogens is 2. The molecule has 3 aromatic rings. The minimum absolute atomic E-state index is 0.0325. The van der Waals surface area contributed by atoms with Gasteiger partial charge < -0.3 is 9.30 Å². The van der Waals surface area contributed by atoms with Gasteiger partial charge >= 0.3 is 6.18 Å². The van der Waals surface area contributed by atoms with Gasteiger partial charge in [0.05, 0.1) is 22.9 Å². The largest absolute Gasteiger partial charge is 0.417 e. The molecule has 0 fully saturated rings. The maximum atomic E-state index is 13.7. The predicted molar refractivity (Wildman–Crippen MR) is 114 cm³/mol. The molecule has 0 unspecified atom stereocenters. The van der Waals surface area contributed by atoms with Crippen LogP contribution in [0.2, 0.25) is 30.8 Å². The Balaban J connectivity index is 2.13. The van der Waals surface area contributed by atoms with Crippen LogP contribution in [0.4, 0.5) is 13.2 Å². The summed E-state index contributed by atoms with van der Waals surface area (Å²) in [5.74, 6) is 0. The summed E-state index contributed by atoms with van der Waals surface area (Å²) in [6.45, 7) is 7.19. The number of rotatable bonds is 6. The molecule has 30 heavy (non-hydrogen) atoms. The van der Waals surface area contributed by atoms with Crippen LogP contribution in [0.3, 0.4) is 0 Å². The van der Waals surface area contributed by atoms with Gasteiger partial charge in [0.15, 0.2) is 0 Å². The fourth-order valence-electron chi connectivity index (χ4n) is 3.07. The number of hydrogen-bond donors (Lipinski definition) is 0. The number of benzene rings is 1. The Bertz CT molecular complexity index is 1110. The number of fused-ring (bicyclic) bond motifs is 1. The summed E-state index contributed by atoms with van der Waals surface area (Å²) in [5, 5.41) is 10.1. The number of ether oxygens (including phenoxy) is 1. The molecule has 2 aromatic heterocycles. The van der Waals surface area contributed by atoms with Gasteiger partial charge in [-0.1, -0.05) is 31.2 Å². The molecular formula is C21H21ClF3N3OSi. The molecule has 0 spiro atoms. The third-order valence-electron chi connectivity index (χ3n) is 4.66. The monoisotopic (exact) mass is 451 g/mol. The summed E-state index contributed by atoms with van der Waals surface area (Å²) in [5.41, 5.74) is -0.0677. The fraction of sp³-hybridized carbons (Fsp3) is 0.333. The van der Waals surface area contributed by atoms with Gasteiger partial charge in [0, 0.05) is 25.6 Å². The molecular weight excluding hydrogens is 431 g/mol. The van der Waals surface area contributed by atoms with Gasteiger partial charge in [0.25, 0.3) is 0 Å². The second-order valence-electron chi connectivity index (χ2n) is 8.22. The first-order chi connectivity index (χ1) is 14.0. The average molecular weight is 452 g/mol. The first-order valence-corrected chi connectivity index (χ1v) is 13.4. The van der Waals surface area contributed by atoms with E-state index in [1.54, 1.807) is 22.8 Å². The molecule has 0 N–H and O–H groups in total. The number of nitrogens with zero attached hydrogens (tertiary/aromatic N) is 3. The molecule has 0 aliphatic heterocycles. The molecule has 0 aliphatic carbocycles. The van der Waals surface area contributed by atoms with E-state index in [9.17, 15) is 18.4 Å². The van der Waals surface area contributed by atoms with Crippen LogP contribution >= 0.6 is 11.6 Å². The zero-order valence-electron chi connectivity index (χ0n) is 16.8. The molecule has 0 radical (unpaired) electrons. The fourth-order valence-corrected chi connectivity index (χ4v) is 3.96. The first-order valence-electron chi connectivity index (χ1n) is 9.35. The van der Waals surface area contributed by atoms with Gasteiger partial charge in [-0.2, -0.15) is 18.4 Å². The molecule has 2 heterocycles. The number of halogens is 4. The Morgan fingerprint density at radius 1 is 1.17 bits per heavy atom. The van der Waals surface area contributed by atoms with Gasteiger partial charge in [0.1, 0.15) is 17.5 Å². The average Bonchev–Trinajstić information content (AvgIpc) is 3.01. The number of pyridine rings is 1. The molecule has 0 atom stereocenters. The van der Waals surface area contributed by atoms with Crippen LogP contribution in [0, 0.1) is 11.3 Å². The van der Waals surface area contributed by atoms with Gasteiger partial charge in [-0.25, -0.2) is 4.98 Å². The minimum Gasteiger partial charge on any atom is -0.361 e. The molecule has 0 aliphatic rings. The highest BCUT2D eigenvalue weighted by Crippen LogP contribution is 2.39. The van der Waals surface area contributed by atoms with Crippen molar-refractivity contribution >= 4 is 30.7 Å². The van der Waals surface area contributed by atoms with Gasteiger partial charge in [-0.3, -0.25) is 0 Å². The van der Waals surface area contributed by atoms with E-state index < -0.39 is 19.8 Å². The van der Waals surface area contributed by atoms with Crippen LogP contribution in [0.5, 0.6) is 0 Å². The van der Waals surface area contributed by atoms with E-state index in [1.807, 2.05) is 6.07 Å². The highest BCUT2D eigenvalue weighted by molar-refractivity contribution is 6.76. The highest BCUT2D eigenvalue weighted by atomic mass is 35.5. The molecule has 1 aromatic carbocycles. The maximum absolute atomic E-state index is 13.7. The molecule has 3 rings (SSSR count). The summed E-state index contributed by atoms with van der Waals surface area (Å²) in [7, 11) is -1.32. The Morgan fingerprint density at radius 3 is 2.53 bits per heavy atom. The molecule has 0 bridgehead atoms. The van der Waals surface area contributed by atoms with Crippen molar-refractivity contribution < 1.29 is 17.9 Å². The molecule has 0 saturated heterocycles. The lowest BCUT2D eigenvalue weighted by Gasteiger charge is -2.18. The topological polar surface area (TPSA) is 50.8 Å². The van der Waals surface area contributed by atoms with Crippen molar-refractivity contribution in [3.63, 3.8) is 0 Å². The van der Waals surface area contributed by atoms with Crippen LogP contribution < -0.4 is 0 Å². The van der Waals surface area contributed by atoms with E-state index in [0.29, 0.717) is 17.6 Å². The first kappa shape index (κ1) is 22.3. The van der Waals surface area contributed by atoms with Crippen molar-refractivity contribution in [1.82, 2.24) is 9.55 Å². The molecule has 4 nitrogen and oxygen atoms in total. The quantitative estimate of drug-likeness (QED) is 0.242. The van der Waals surface area contributed by atoms with Crippen LogP contribution in [-0.4, -0.2) is 24.2 Å². The summed E-state index contributed by atoms with van der Waals surface area (Å²) in [6, 6.07) is 11.1. The van der Waals surface area contributed by atoms with Crippen molar-refractivity contribution in [3.05, 3.63) is 52.7 Å².